The highest BCUT2D eigenvalue weighted by Crippen LogP contribution is 2.26. The van der Waals surface area contributed by atoms with Gasteiger partial charge >= 0.3 is 0 Å². The van der Waals surface area contributed by atoms with Gasteiger partial charge in [-0.1, -0.05) is 6.92 Å². The molecule has 0 aliphatic carbocycles. The van der Waals surface area contributed by atoms with Crippen LogP contribution < -0.4 is 5.32 Å². The van der Waals surface area contributed by atoms with Crippen molar-refractivity contribution in [1.82, 2.24) is 10.2 Å². The summed E-state index contributed by atoms with van der Waals surface area (Å²) in [5.74, 6) is 0.713. The predicted octanol–water partition coefficient (Wildman–Crippen LogP) is 0.722. The summed E-state index contributed by atoms with van der Waals surface area (Å²) in [5, 5.41) is 3.41. The number of ether oxygens (including phenoxy) is 2. The van der Waals surface area contributed by atoms with Gasteiger partial charge in [0, 0.05) is 39.3 Å². The van der Waals surface area contributed by atoms with E-state index in [-0.39, 0.29) is 5.60 Å². The van der Waals surface area contributed by atoms with Crippen LogP contribution in [-0.2, 0) is 9.47 Å². The average Bonchev–Trinajstić information content (AvgIpc) is 2.79. The standard InChI is InChI=1S/C13H26N2O2/c1-11-8-15(6-4-12(11)14-2)9-13(16-3)5-7-17-10-13/h11-12,14H,4-10H2,1-3H3. The molecule has 3 unspecified atom stereocenters. The van der Waals surface area contributed by atoms with E-state index in [2.05, 4.69) is 24.2 Å². The topological polar surface area (TPSA) is 33.7 Å². The van der Waals surface area contributed by atoms with Crippen LogP contribution in [0.25, 0.3) is 0 Å². The molecule has 0 aromatic rings. The number of hydrogen-bond donors (Lipinski definition) is 1. The summed E-state index contributed by atoms with van der Waals surface area (Å²) < 4.78 is 11.2. The Hall–Kier alpha value is -0.160. The third-order valence-electron chi connectivity index (χ3n) is 4.37. The lowest BCUT2D eigenvalue weighted by atomic mass is 9.92. The largest absolute Gasteiger partial charge is 0.378 e. The van der Waals surface area contributed by atoms with E-state index >= 15 is 0 Å². The van der Waals surface area contributed by atoms with E-state index in [0.717, 1.165) is 32.7 Å². The number of hydrogen-bond acceptors (Lipinski definition) is 4. The number of nitrogens with one attached hydrogen (secondary N) is 1. The summed E-state index contributed by atoms with van der Waals surface area (Å²) in [6, 6.07) is 0.671. The highest BCUT2D eigenvalue weighted by molar-refractivity contribution is 4.91. The number of likely N-dealkylation sites (tertiary alicyclic amines) is 1. The van der Waals surface area contributed by atoms with Crippen molar-refractivity contribution in [2.24, 2.45) is 5.92 Å². The van der Waals surface area contributed by atoms with Gasteiger partial charge in [-0.2, -0.15) is 0 Å². The van der Waals surface area contributed by atoms with Crippen molar-refractivity contribution in [3.8, 4) is 0 Å². The fourth-order valence-corrected chi connectivity index (χ4v) is 3.15. The minimum atomic E-state index is -0.0494. The molecule has 2 saturated heterocycles. The van der Waals surface area contributed by atoms with Crippen molar-refractivity contribution in [1.29, 1.82) is 0 Å². The molecule has 0 amide bonds. The molecule has 2 heterocycles. The molecule has 0 saturated carbocycles. The van der Waals surface area contributed by atoms with E-state index in [1.54, 1.807) is 0 Å². The first-order chi connectivity index (χ1) is 8.19. The van der Waals surface area contributed by atoms with Crippen molar-refractivity contribution in [2.45, 2.75) is 31.4 Å². The molecule has 2 fully saturated rings. The zero-order valence-electron chi connectivity index (χ0n) is 11.4. The molecular weight excluding hydrogens is 216 g/mol. The number of methoxy groups -OCH3 is 1. The Kier molecular flexibility index (Phi) is 4.42. The fourth-order valence-electron chi connectivity index (χ4n) is 3.15. The first kappa shape index (κ1) is 13.3. The van der Waals surface area contributed by atoms with Crippen LogP contribution in [0.5, 0.6) is 0 Å². The summed E-state index contributed by atoms with van der Waals surface area (Å²) in [7, 11) is 3.89. The zero-order chi connectivity index (χ0) is 12.3. The van der Waals surface area contributed by atoms with Crippen LogP contribution in [-0.4, -0.2) is 63.5 Å². The predicted molar refractivity (Wildman–Crippen MR) is 68.2 cm³/mol. The third-order valence-corrected chi connectivity index (χ3v) is 4.37. The molecule has 4 heteroatoms. The highest BCUT2D eigenvalue weighted by atomic mass is 16.5. The van der Waals surface area contributed by atoms with Gasteiger partial charge in [0.1, 0.15) is 5.60 Å². The second-order valence-corrected chi connectivity index (χ2v) is 5.59. The van der Waals surface area contributed by atoms with E-state index in [1.165, 1.54) is 13.0 Å². The molecular formula is C13H26N2O2. The van der Waals surface area contributed by atoms with Crippen molar-refractivity contribution in [3.63, 3.8) is 0 Å². The van der Waals surface area contributed by atoms with E-state index in [1.807, 2.05) is 7.11 Å². The van der Waals surface area contributed by atoms with Gasteiger partial charge in [0.05, 0.1) is 6.61 Å². The number of nitrogens with zero attached hydrogens (tertiary/aromatic N) is 1. The summed E-state index contributed by atoms with van der Waals surface area (Å²) in [6.07, 6.45) is 2.27. The summed E-state index contributed by atoms with van der Waals surface area (Å²) >= 11 is 0. The van der Waals surface area contributed by atoms with Crippen LogP contribution in [0.1, 0.15) is 19.8 Å². The Balaban J connectivity index is 1.87. The lowest BCUT2D eigenvalue weighted by Gasteiger charge is -2.40. The van der Waals surface area contributed by atoms with Crippen LogP contribution in [0.2, 0.25) is 0 Å². The fraction of sp³-hybridized carbons (Fsp3) is 1.00. The van der Waals surface area contributed by atoms with Crippen molar-refractivity contribution in [3.05, 3.63) is 0 Å². The van der Waals surface area contributed by atoms with Crippen molar-refractivity contribution >= 4 is 0 Å². The SMILES string of the molecule is CNC1CCN(CC2(OC)CCOC2)CC1C. The van der Waals surface area contributed by atoms with E-state index < -0.39 is 0 Å². The molecule has 2 rings (SSSR count). The van der Waals surface area contributed by atoms with Crippen molar-refractivity contribution in [2.75, 3.05) is 47.0 Å². The van der Waals surface area contributed by atoms with E-state index in [4.69, 9.17) is 9.47 Å². The molecule has 0 bridgehead atoms. The molecule has 4 nitrogen and oxygen atoms in total. The van der Waals surface area contributed by atoms with Gasteiger partial charge in [-0.05, 0) is 25.9 Å². The van der Waals surface area contributed by atoms with Crippen LogP contribution in [0.15, 0.2) is 0 Å². The van der Waals surface area contributed by atoms with E-state index in [9.17, 15) is 0 Å². The smallest absolute Gasteiger partial charge is 0.106 e. The van der Waals surface area contributed by atoms with Crippen molar-refractivity contribution < 1.29 is 9.47 Å². The molecule has 0 aromatic carbocycles. The second kappa shape index (κ2) is 5.65. The monoisotopic (exact) mass is 242 g/mol. The Morgan fingerprint density at radius 1 is 1.53 bits per heavy atom. The maximum absolute atomic E-state index is 5.71. The quantitative estimate of drug-likeness (QED) is 0.788. The Bertz CT molecular complexity index is 242. The molecule has 2 aliphatic rings. The molecule has 0 spiro atoms. The molecule has 2 aliphatic heterocycles. The van der Waals surface area contributed by atoms with Crippen LogP contribution in [0.4, 0.5) is 0 Å². The van der Waals surface area contributed by atoms with Crippen LogP contribution in [0, 0.1) is 5.92 Å². The van der Waals surface area contributed by atoms with Crippen LogP contribution in [0.3, 0.4) is 0 Å². The van der Waals surface area contributed by atoms with Gasteiger partial charge < -0.3 is 14.8 Å². The second-order valence-electron chi connectivity index (χ2n) is 5.59. The van der Waals surface area contributed by atoms with Crippen LogP contribution >= 0.6 is 0 Å². The Morgan fingerprint density at radius 2 is 2.35 bits per heavy atom. The van der Waals surface area contributed by atoms with Gasteiger partial charge in [0.25, 0.3) is 0 Å². The summed E-state index contributed by atoms with van der Waals surface area (Å²) in [6.45, 7) is 7.28. The Morgan fingerprint density at radius 3 is 2.88 bits per heavy atom. The van der Waals surface area contributed by atoms with E-state index in [0.29, 0.717) is 12.0 Å². The minimum Gasteiger partial charge on any atom is -0.378 e. The normalized spacial score (nSPS) is 39.7. The first-order valence-corrected chi connectivity index (χ1v) is 6.71. The zero-order valence-corrected chi connectivity index (χ0v) is 11.4. The van der Waals surface area contributed by atoms with Gasteiger partial charge in [-0.25, -0.2) is 0 Å². The minimum absolute atomic E-state index is 0.0494. The maximum atomic E-state index is 5.71. The first-order valence-electron chi connectivity index (χ1n) is 6.71. The lowest BCUT2D eigenvalue weighted by molar-refractivity contribution is -0.0484. The van der Waals surface area contributed by atoms with Gasteiger partial charge in [0.2, 0.25) is 0 Å². The molecule has 3 atom stereocenters. The molecule has 0 radical (unpaired) electrons. The Labute approximate surface area is 105 Å². The molecule has 0 aromatic heterocycles. The molecule has 17 heavy (non-hydrogen) atoms. The highest BCUT2D eigenvalue weighted by Gasteiger charge is 2.38. The summed E-state index contributed by atoms with van der Waals surface area (Å²) in [4.78, 5) is 2.54. The van der Waals surface area contributed by atoms with Gasteiger partial charge in [0.15, 0.2) is 0 Å². The summed E-state index contributed by atoms with van der Waals surface area (Å²) in [5.41, 5.74) is -0.0494. The average molecular weight is 242 g/mol. The lowest BCUT2D eigenvalue weighted by Crippen LogP contribution is -2.52. The molecule has 1 N–H and O–H groups in total. The number of rotatable bonds is 4. The van der Waals surface area contributed by atoms with Gasteiger partial charge in [-0.15, -0.1) is 0 Å². The van der Waals surface area contributed by atoms with Gasteiger partial charge in [-0.3, -0.25) is 4.90 Å². The molecule has 100 valence electrons. The maximum Gasteiger partial charge on any atom is 0.106 e. The number of piperidine rings is 1. The third kappa shape index (κ3) is 2.99.